The van der Waals surface area contributed by atoms with E-state index < -0.39 is 29.7 Å². The number of hydrogen-bond donors (Lipinski definition) is 1. The van der Waals surface area contributed by atoms with Crippen molar-refractivity contribution in [3.05, 3.63) is 80.8 Å². The summed E-state index contributed by atoms with van der Waals surface area (Å²) in [4.78, 5) is 37.1. The summed E-state index contributed by atoms with van der Waals surface area (Å²) in [7, 11) is 2.46. The highest BCUT2D eigenvalue weighted by atomic mass is 35.5. The fourth-order valence-electron chi connectivity index (χ4n) is 3.39. The number of nitrogens with one attached hydrogen (secondary N) is 1. The number of benzene rings is 2. The van der Waals surface area contributed by atoms with Crippen LogP contribution in [-0.2, 0) is 24.8 Å². The third kappa shape index (κ3) is 4.79. The number of rotatable bonds is 6. The van der Waals surface area contributed by atoms with Gasteiger partial charge < -0.3 is 14.8 Å². The smallest absolute Gasteiger partial charge is 0.337 e. The largest absolute Gasteiger partial charge is 0.468 e. The van der Waals surface area contributed by atoms with Gasteiger partial charge >= 0.3 is 11.9 Å². The van der Waals surface area contributed by atoms with E-state index >= 15 is 0 Å². The van der Waals surface area contributed by atoms with Crippen LogP contribution in [0.5, 0.6) is 0 Å². The van der Waals surface area contributed by atoms with Crippen LogP contribution in [0.15, 0.2) is 59.1 Å². The molecule has 9 heteroatoms. The number of allylic oxidation sites excluding steroid dienone is 1. The summed E-state index contributed by atoms with van der Waals surface area (Å²) < 4.78 is 9.54. The molecule has 0 aromatic heterocycles. The molecule has 0 fully saturated rings. The number of hydrogen-bond acceptors (Lipinski definition) is 7. The van der Waals surface area contributed by atoms with E-state index in [4.69, 9.17) is 21.1 Å². The summed E-state index contributed by atoms with van der Waals surface area (Å²) in [5.74, 6) is -3.55. The second-order valence-electron chi connectivity index (χ2n) is 6.82. The van der Waals surface area contributed by atoms with Crippen LogP contribution >= 0.6 is 23.4 Å². The number of nitriles is 1. The fourth-order valence-corrected chi connectivity index (χ4v) is 4.72. The lowest BCUT2D eigenvalue weighted by molar-refractivity contribution is -0.150. The molecule has 0 saturated carbocycles. The van der Waals surface area contributed by atoms with Crippen LogP contribution in [-0.4, -0.2) is 32.1 Å². The molecule has 0 saturated heterocycles. The summed E-state index contributed by atoms with van der Waals surface area (Å²) in [6.07, 6.45) is 0. The van der Waals surface area contributed by atoms with Crippen molar-refractivity contribution in [3.63, 3.8) is 0 Å². The van der Waals surface area contributed by atoms with Crippen molar-refractivity contribution in [1.82, 2.24) is 5.32 Å². The van der Waals surface area contributed by atoms with Crippen LogP contribution in [0.25, 0.3) is 0 Å². The van der Waals surface area contributed by atoms with E-state index in [1.165, 1.54) is 38.1 Å². The molecule has 2 aromatic rings. The van der Waals surface area contributed by atoms with Gasteiger partial charge in [-0.25, -0.2) is 4.79 Å². The number of thioether (sulfide) groups is 1. The average Bonchev–Trinajstić information content (AvgIpc) is 2.82. The predicted molar refractivity (Wildman–Crippen MR) is 120 cm³/mol. The van der Waals surface area contributed by atoms with Gasteiger partial charge in [0.05, 0.1) is 36.5 Å². The van der Waals surface area contributed by atoms with Crippen LogP contribution in [0.2, 0.25) is 5.02 Å². The van der Waals surface area contributed by atoms with Gasteiger partial charge in [-0.15, -0.1) is 11.8 Å². The number of amides is 1. The van der Waals surface area contributed by atoms with E-state index in [-0.39, 0.29) is 5.57 Å². The van der Waals surface area contributed by atoms with Gasteiger partial charge in [0.25, 0.3) is 0 Å². The van der Waals surface area contributed by atoms with Crippen LogP contribution in [0.1, 0.15) is 27.4 Å². The standard InChI is InChI=1S/C23H19ClN2O5S/c1-30-22(28)14-9-7-13(8-10-14)18-16(11-25)21(26-20(27)19(18)23(29)31-2)32-12-15-5-3-4-6-17(15)24/h3-10,18-19H,12H2,1-2H3,(H,26,27)/t18-,19+/m1/s1. The van der Waals surface area contributed by atoms with Crippen molar-refractivity contribution in [2.24, 2.45) is 5.92 Å². The van der Waals surface area contributed by atoms with Crippen LogP contribution < -0.4 is 5.32 Å². The molecule has 1 aliphatic rings. The molecule has 1 aliphatic heterocycles. The molecular formula is C23H19ClN2O5S. The highest BCUT2D eigenvalue weighted by Gasteiger charge is 2.44. The van der Waals surface area contributed by atoms with Crippen molar-refractivity contribution < 1.29 is 23.9 Å². The third-order valence-electron chi connectivity index (χ3n) is 5.00. The van der Waals surface area contributed by atoms with Crippen LogP contribution in [0, 0.1) is 17.2 Å². The average molecular weight is 471 g/mol. The van der Waals surface area contributed by atoms with Crippen LogP contribution in [0.3, 0.4) is 0 Å². The third-order valence-corrected chi connectivity index (χ3v) is 6.44. The Bertz CT molecular complexity index is 1120. The zero-order valence-electron chi connectivity index (χ0n) is 17.3. The Labute approximate surface area is 194 Å². The van der Waals surface area contributed by atoms with Gasteiger partial charge in [0.1, 0.15) is 5.92 Å². The first-order valence-electron chi connectivity index (χ1n) is 9.48. The Hall–Kier alpha value is -3.28. The lowest BCUT2D eigenvalue weighted by Gasteiger charge is -2.31. The zero-order valence-corrected chi connectivity index (χ0v) is 18.8. The molecule has 0 aliphatic carbocycles. The number of carbonyl (C=O) groups excluding carboxylic acids is 3. The van der Waals surface area contributed by atoms with Crippen LogP contribution in [0.4, 0.5) is 0 Å². The minimum atomic E-state index is -1.25. The molecule has 1 N–H and O–H groups in total. The molecule has 3 rings (SSSR count). The minimum Gasteiger partial charge on any atom is -0.468 e. The highest BCUT2D eigenvalue weighted by Crippen LogP contribution is 2.41. The van der Waals surface area contributed by atoms with Crippen molar-refractivity contribution in [2.75, 3.05) is 14.2 Å². The zero-order chi connectivity index (χ0) is 23.3. The Kier molecular flexibility index (Phi) is 7.57. The summed E-state index contributed by atoms with van der Waals surface area (Å²) in [5, 5.41) is 13.6. The molecule has 0 radical (unpaired) electrons. The van der Waals surface area contributed by atoms with Gasteiger partial charge in [-0.1, -0.05) is 41.9 Å². The van der Waals surface area contributed by atoms with E-state index in [0.29, 0.717) is 26.9 Å². The van der Waals surface area contributed by atoms with E-state index in [9.17, 15) is 19.6 Å². The second kappa shape index (κ2) is 10.4. The molecule has 1 heterocycles. The molecule has 1 amide bonds. The van der Waals surface area contributed by atoms with Crippen molar-refractivity contribution in [2.45, 2.75) is 11.7 Å². The maximum atomic E-state index is 12.9. The molecule has 164 valence electrons. The van der Waals surface area contributed by atoms with E-state index in [0.717, 1.165) is 5.56 Å². The molecule has 0 unspecified atom stereocenters. The van der Waals surface area contributed by atoms with E-state index in [1.54, 1.807) is 18.2 Å². The SMILES string of the molecule is COC(=O)c1ccc([C@@H]2C(C#N)=C(SCc3ccccc3Cl)NC(=O)[C@H]2C(=O)OC)cc1. The number of methoxy groups -OCH3 is 2. The fraction of sp³-hybridized carbons (Fsp3) is 0.217. The Morgan fingerprint density at radius 1 is 1.12 bits per heavy atom. The number of halogens is 1. The number of ether oxygens (including phenoxy) is 2. The van der Waals surface area contributed by atoms with Gasteiger partial charge in [-0.2, -0.15) is 5.26 Å². The summed E-state index contributed by atoms with van der Waals surface area (Å²) in [6.45, 7) is 0. The summed E-state index contributed by atoms with van der Waals surface area (Å²) >= 11 is 7.47. The topological polar surface area (TPSA) is 105 Å². The molecule has 32 heavy (non-hydrogen) atoms. The Morgan fingerprint density at radius 2 is 1.81 bits per heavy atom. The van der Waals surface area contributed by atoms with Crippen molar-refractivity contribution in [1.29, 1.82) is 5.26 Å². The first-order valence-corrected chi connectivity index (χ1v) is 10.8. The Balaban J connectivity index is 2.03. The van der Waals surface area contributed by atoms with Gasteiger partial charge in [0.15, 0.2) is 0 Å². The number of carbonyl (C=O) groups is 3. The van der Waals surface area contributed by atoms with E-state index in [2.05, 4.69) is 11.4 Å². The maximum absolute atomic E-state index is 12.9. The molecule has 0 spiro atoms. The molecule has 0 bridgehead atoms. The van der Waals surface area contributed by atoms with Gasteiger partial charge in [0, 0.05) is 16.7 Å². The second-order valence-corrected chi connectivity index (χ2v) is 8.21. The number of esters is 2. The lowest BCUT2D eigenvalue weighted by atomic mass is 9.78. The molecule has 2 atom stereocenters. The normalized spacial score (nSPS) is 17.9. The highest BCUT2D eigenvalue weighted by molar-refractivity contribution is 8.02. The monoisotopic (exact) mass is 470 g/mol. The quantitative estimate of drug-likeness (QED) is 0.505. The lowest BCUT2D eigenvalue weighted by Crippen LogP contribution is -2.44. The first kappa shape index (κ1) is 23.4. The van der Waals surface area contributed by atoms with Crippen molar-refractivity contribution in [3.8, 4) is 6.07 Å². The van der Waals surface area contributed by atoms with Gasteiger partial charge in [-0.3, -0.25) is 9.59 Å². The summed E-state index contributed by atoms with van der Waals surface area (Å²) in [5.41, 5.74) is 1.90. The Morgan fingerprint density at radius 3 is 2.41 bits per heavy atom. The predicted octanol–water partition coefficient (Wildman–Crippen LogP) is 3.80. The number of nitrogens with zero attached hydrogens (tertiary/aromatic N) is 1. The van der Waals surface area contributed by atoms with E-state index in [1.807, 2.05) is 18.2 Å². The summed E-state index contributed by atoms with van der Waals surface area (Å²) in [6, 6.07) is 15.7. The minimum absolute atomic E-state index is 0.225. The first-order chi connectivity index (χ1) is 15.4. The molecule has 2 aromatic carbocycles. The van der Waals surface area contributed by atoms with Gasteiger partial charge in [-0.05, 0) is 29.3 Å². The molecule has 7 nitrogen and oxygen atoms in total. The maximum Gasteiger partial charge on any atom is 0.337 e. The van der Waals surface area contributed by atoms with Gasteiger partial charge in [0.2, 0.25) is 5.91 Å². The molecular weight excluding hydrogens is 452 g/mol. The van der Waals surface area contributed by atoms with Crippen molar-refractivity contribution >= 4 is 41.2 Å².